The van der Waals surface area contributed by atoms with Crippen molar-refractivity contribution in [3.8, 4) is 0 Å². The Morgan fingerprint density at radius 2 is 0.929 bits per heavy atom. The second-order valence-electron chi connectivity index (χ2n) is 2.23. The zero-order valence-corrected chi connectivity index (χ0v) is 11.0. The van der Waals surface area contributed by atoms with Crippen LogP contribution in [0.5, 0.6) is 0 Å². The number of hydrogen-bond donors (Lipinski definition) is 0. The molecule has 4 nitrogen and oxygen atoms in total. The summed E-state index contributed by atoms with van der Waals surface area (Å²) in [4.78, 5) is 0. The minimum atomic E-state index is -2.80. The topological polar surface area (TPSA) is 36.9 Å². The van der Waals surface area contributed by atoms with Crippen LogP contribution >= 0.6 is 0 Å². The fraction of sp³-hybridized carbons (Fsp3) is 1.00. The van der Waals surface area contributed by atoms with E-state index in [1.54, 1.807) is 0 Å². The maximum Gasteiger partial charge on any atom is 1.00 e. The Balaban J connectivity index is -0.000000720. The van der Waals surface area contributed by atoms with Crippen LogP contribution in [0.1, 0.15) is 29.1 Å². The van der Waals surface area contributed by atoms with Crippen LogP contribution in [0.4, 0.5) is 0 Å². The Labute approximate surface area is 101 Å². The van der Waals surface area contributed by atoms with Gasteiger partial charge < -0.3 is 19.1 Å². The molecule has 0 aliphatic heterocycles. The Morgan fingerprint density at radius 3 is 1.07 bits per heavy atom. The van der Waals surface area contributed by atoms with Crippen molar-refractivity contribution in [1.82, 2.24) is 0 Å². The van der Waals surface area contributed by atoms with Gasteiger partial charge in [-0.05, 0) is 27.7 Å². The first-order valence-corrected chi connectivity index (χ1v) is 6.43. The average molecular weight is 216 g/mol. The largest absolute Gasteiger partial charge is 1.00 e. The van der Waals surface area contributed by atoms with Gasteiger partial charge >= 0.3 is 27.9 Å². The molecule has 0 aliphatic rings. The molecule has 0 saturated carbocycles. The van der Waals surface area contributed by atoms with Crippen molar-refractivity contribution < 1.29 is 38.0 Å². The van der Waals surface area contributed by atoms with Gasteiger partial charge in [-0.25, -0.2) is 0 Å². The minimum Gasteiger partial charge on any atom is -1.00 e. The van der Waals surface area contributed by atoms with Gasteiger partial charge in [0, 0.05) is 26.4 Å². The fourth-order valence-corrected chi connectivity index (χ4v) is 2.87. The maximum atomic E-state index is 5.42. The van der Waals surface area contributed by atoms with Crippen molar-refractivity contribution in [1.29, 1.82) is 0 Å². The van der Waals surface area contributed by atoms with Crippen LogP contribution in [0.25, 0.3) is 0 Å². The minimum absolute atomic E-state index is 0. The standard InChI is InChI=1S/C8H20O4Si.Li.H/c1-5-9-13(10-6-2,11-7-3)12-8-4;;/h5-8H2,1-4H3;;/q;+1;-1. The summed E-state index contributed by atoms with van der Waals surface area (Å²) in [6.45, 7) is 9.80. The summed E-state index contributed by atoms with van der Waals surface area (Å²) in [5.41, 5.74) is 0. The van der Waals surface area contributed by atoms with Gasteiger partial charge in [0.2, 0.25) is 0 Å². The SMILES string of the molecule is CCO[Si](OCC)(OCC)OCC.[H-].[Li+]. The summed E-state index contributed by atoms with van der Waals surface area (Å²) < 4.78 is 21.7. The first-order chi connectivity index (χ1) is 6.24. The number of rotatable bonds is 8. The molecule has 0 N–H and O–H groups in total. The molecule has 0 bridgehead atoms. The first-order valence-electron chi connectivity index (χ1n) is 4.80. The van der Waals surface area contributed by atoms with E-state index in [1.165, 1.54) is 0 Å². The average Bonchev–Trinajstić information content (AvgIpc) is 2.06. The second-order valence-corrected chi connectivity index (χ2v) is 4.39. The molecule has 6 heteroatoms. The van der Waals surface area contributed by atoms with Crippen molar-refractivity contribution >= 4 is 9.05 Å². The predicted molar refractivity (Wildman–Crippen MR) is 53.4 cm³/mol. The Morgan fingerprint density at radius 1 is 0.714 bits per heavy atom. The van der Waals surface area contributed by atoms with E-state index in [0.29, 0.717) is 26.4 Å². The Hall–Kier alpha value is 0.654. The molecule has 0 aromatic carbocycles. The molecule has 0 atom stereocenters. The smallest absolute Gasteiger partial charge is 1.00 e. The number of hydrogen-bond acceptors (Lipinski definition) is 4. The molecule has 0 aliphatic carbocycles. The Kier molecular flexibility index (Phi) is 12.4. The van der Waals surface area contributed by atoms with Crippen LogP contribution in [-0.4, -0.2) is 35.5 Å². The quantitative estimate of drug-likeness (QED) is 0.472. The molecule has 0 heterocycles. The molecule has 82 valence electrons. The van der Waals surface area contributed by atoms with Crippen LogP contribution in [0, 0.1) is 0 Å². The van der Waals surface area contributed by atoms with E-state index in [9.17, 15) is 0 Å². The second kappa shape index (κ2) is 10.2. The molecular weight excluding hydrogens is 195 g/mol. The normalized spacial score (nSPS) is 11.1. The van der Waals surface area contributed by atoms with E-state index in [2.05, 4.69) is 0 Å². The monoisotopic (exact) mass is 216 g/mol. The van der Waals surface area contributed by atoms with E-state index in [-0.39, 0.29) is 20.3 Å². The summed E-state index contributed by atoms with van der Waals surface area (Å²) >= 11 is 0. The van der Waals surface area contributed by atoms with Gasteiger partial charge in [-0.3, -0.25) is 0 Å². The first kappa shape index (κ1) is 17.1. The zero-order chi connectivity index (χ0) is 10.2. The van der Waals surface area contributed by atoms with Gasteiger partial charge in [-0.1, -0.05) is 0 Å². The fourth-order valence-electron chi connectivity index (χ4n) is 0.957. The van der Waals surface area contributed by atoms with Crippen molar-refractivity contribution in [2.24, 2.45) is 0 Å². The summed E-state index contributed by atoms with van der Waals surface area (Å²) in [7, 11) is -2.80. The molecule has 0 radical (unpaired) electrons. The van der Waals surface area contributed by atoms with Gasteiger partial charge in [-0.2, -0.15) is 0 Å². The molecule has 0 aromatic rings. The van der Waals surface area contributed by atoms with Crippen LogP contribution < -0.4 is 18.9 Å². The van der Waals surface area contributed by atoms with E-state index in [0.717, 1.165) is 0 Å². The van der Waals surface area contributed by atoms with Crippen molar-refractivity contribution in [3.63, 3.8) is 0 Å². The summed E-state index contributed by atoms with van der Waals surface area (Å²) in [6, 6.07) is 0. The summed E-state index contributed by atoms with van der Waals surface area (Å²) in [5, 5.41) is 0. The van der Waals surface area contributed by atoms with E-state index < -0.39 is 9.05 Å². The third kappa shape index (κ3) is 6.20. The van der Waals surface area contributed by atoms with Crippen LogP contribution in [0.3, 0.4) is 0 Å². The van der Waals surface area contributed by atoms with E-state index in [4.69, 9.17) is 17.7 Å². The molecule has 0 rings (SSSR count). The molecule has 0 fully saturated rings. The summed E-state index contributed by atoms with van der Waals surface area (Å²) in [6.07, 6.45) is 0. The van der Waals surface area contributed by atoms with Crippen LogP contribution in [-0.2, 0) is 17.7 Å². The van der Waals surface area contributed by atoms with Crippen molar-refractivity contribution in [2.75, 3.05) is 26.4 Å². The van der Waals surface area contributed by atoms with Gasteiger partial charge in [0.25, 0.3) is 0 Å². The van der Waals surface area contributed by atoms with E-state index >= 15 is 0 Å². The molecular formula is C8H21LiO4Si. The predicted octanol–water partition coefficient (Wildman–Crippen LogP) is -1.32. The van der Waals surface area contributed by atoms with Gasteiger partial charge in [0.15, 0.2) is 0 Å². The third-order valence-corrected chi connectivity index (χ3v) is 3.85. The zero-order valence-electron chi connectivity index (χ0n) is 11.0. The van der Waals surface area contributed by atoms with Gasteiger partial charge in [0.1, 0.15) is 0 Å². The van der Waals surface area contributed by atoms with Crippen LogP contribution in [0.15, 0.2) is 0 Å². The van der Waals surface area contributed by atoms with E-state index in [1.807, 2.05) is 27.7 Å². The Bertz CT molecular complexity index is 102. The van der Waals surface area contributed by atoms with Crippen LogP contribution in [0.2, 0.25) is 0 Å². The van der Waals surface area contributed by atoms with Gasteiger partial charge in [-0.15, -0.1) is 0 Å². The van der Waals surface area contributed by atoms with Crippen molar-refractivity contribution in [3.05, 3.63) is 0 Å². The van der Waals surface area contributed by atoms with Crippen molar-refractivity contribution in [2.45, 2.75) is 27.7 Å². The molecule has 0 aromatic heterocycles. The molecule has 0 amide bonds. The maximum absolute atomic E-state index is 5.42. The molecule has 0 spiro atoms. The van der Waals surface area contributed by atoms with Gasteiger partial charge in [0.05, 0.1) is 0 Å². The molecule has 14 heavy (non-hydrogen) atoms. The molecule has 0 unspecified atom stereocenters. The molecule has 0 saturated heterocycles. The third-order valence-electron chi connectivity index (χ3n) is 1.28. The summed E-state index contributed by atoms with van der Waals surface area (Å²) in [5.74, 6) is 0.